The van der Waals surface area contributed by atoms with Gasteiger partial charge in [-0.15, -0.1) is 0 Å². The maximum Gasteiger partial charge on any atom is 3.00 e. The van der Waals surface area contributed by atoms with Gasteiger partial charge in [-0.1, -0.05) is 0 Å². The van der Waals surface area contributed by atoms with Gasteiger partial charge in [0.15, 0.2) is 0 Å². The summed E-state index contributed by atoms with van der Waals surface area (Å²) in [4.78, 5) is 0. The zero-order valence-corrected chi connectivity index (χ0v) is 7.95. The van der Waals surface area contributed by atoms with Crippen molar-refractivity contribution in [2.45, 2.75) is 0 Å². The van der Waals surface area contributed by atoms with E-state index in [0.717, 1.165) is 0 Å². The number of hydrogen-bond donors (Lipinski definition) is 0. The molecule has 0 atom stereocenters. The van der Waals surface area contributed by atoms with Gasteiger partial charge in [0.25, 0.3) is 0 Å². The van der Waals surface area contributed by atoms with Gasteiger partial charge >= 0.3 is 94.9 Å². The predicted molar refractivity (Wildman–Crippen MR) is 11.5 cm³/mol. The summed E-state index contributed by atoms with van der Waals surface area (Å²) in [6, 6.07) is 0. The predicted octanol–water partition coefficient (Wildman–Crippen LogP) is -0.767. The first-order valence-electron chi connectivity index (χ1n) is 0. The maximum atomic E-state index is 0. The molecule has 0 aromatic rings. The molecule has 0 aliphatic carbocycles. The minimum absolute atomic E-state index is 0. The van der Waals surface area contributed by atoms with Gasteiger partial charge in [0.2, 0.25) is 0 Å². The molecule has 0 aromatic heterocycles. The van der Waals surface area contributed by atoms with Crippen molar-refractivity contribution in [2.75, 3.05) is 0 Å². The minimum Gasteiger partial charge on any atom is 2.00 e. The van der Waals surface area contributed by atoms with Crippen LogP contribution in [-0.4, -0.2) is 60.8 Å². The molecule has 0 rings (SSSR count). The third-order valence-electron chi connectivity index (χ3n) is 0. The Balaban J connectivity index is 0. The van der Waals surface area contributed by atoms with Crippen LogP contribution in [0.2, 0.25) is 0 Å². The van der Waals surface area contributed by atoms with Crippen molar-refractivity contribution < 1.29 is 34.1 Å². The topological polar surface area (TPSA) is 0 Å². The smallest absolute Gasteiger partial charge is 2.00 e. The van der Waals surface area contributed by atoms with Gasteiger partial charge < -0.3 is 0 Å². The molecule has 0 aliphatic rings. The van der Waals surface area contributed by atoms with Crippen molar-refractivity contribution in [2.24, 2.45) is 0 Å². The van der Waals surface area contributed by atoms with Gasteiger partial charge in [-0.25, -0.2) is 0 Å². The summed E-state index contributed by atoms with van der Waals surface area (Å²) in [6.45, 7) is 0. The quantitative estimate of drug-likeness (QED) is 0.425. The molecule has 0 N–H and O–H groups in total. The van der Waals surface area contributed by atoms with E-state index in [4.69, 9.17) is 0 Å². The molecule has 0 aliphatic heterocycles. The summed E-state index contributed by atoms with van der Waals surface area (Å²) in [6.07, 6.45) is 0. The van der Waals surface area contributed by atoms with Crippen molar-refractivity contribution in [3.63, 3.8) is 0 Å². The molecule has 0 bridgehead atoms. The Hall–Kier alpha value is 3.06. The van der Waals surface area contributed by atoms with Crippen molar-refractivity contribution >= 4 is 60.8 Å². The fourth-order valence-electron chi connectivity index (χ4n) is 0. The van der Waals surface area contributed by atoms with Crippen LogP contribution in [0, 0.1) is 0 Å². The molecule has 0 saturated heterocycles. The van der Waals surface area contributed by atoms with Crippen LogP contribution < -0.4 is 0 Å². The Bertz CT molecular complexity index is 6.00. The molecule has 0 aromatic carbocycles. The van der Waals surface area contributed by atoms with Gasteiger partial charge in [-0.2, -0.15) is 0 Å². The Labute approximate surface area is 92.9 Å². The van der Waals surface area contributed by atoms with Crippen molar-refractivity contribution in [1.29, 1.82) is 0 Å². The molecule has 0 saturated carbocycles. The van der Waals surface area contributed by atoms with E-state index in [0.29, 0.717) is 0 Å². The van der Waals surface area contributed by atoms with Crippen LogP contribution in [-0.2, 0) is 34.1 Å². The maximum absolute atomic E-state index is 0. The van der Waals surface area contributed by atoms with E-state index in [1.807, 2.05) is 0 Å². The van der Waals surface area contributed by atoms with Crippen molar-refractivity contribution in [1.82, 2.24) is 0 Å². The molecule has 0 fully saturated rings. The Morgan fingerprint density at radius 1 is 1.00 bits per heavy atom. The Morgan fingerprint density at radius 2 is 1.00 bits per heavy atom. The second kappa shape index (κ2) is 16.6. The zero-order chi connectivity index (χ0) is 0. The molecule has 0 nitrogen and oxygen atoms in total. The van der Waals surface area contributed by atoms with Gasteiger partial charge in [0.1, 0.15) is 0 Å². The second-order valence-corrected chi connectivity index (χ2v) is 0. The second-order valence-electron chi connectivity index (χ2n) is 0. The Morgan fingerprint density at radius 3 is 1.00 bits per heavy atom. The van der Waals surface area contributed by atoms with E-state index in [1.54, 1.807) is 0 Å². The first-order valence-corrected chi connectivity index (χ1v) is 0. The normalized spacial score (nSPS) is 0. The molecule has 11 valence electrons. The third-order valence-corrected chi connectivity index (χ3v) is 0. The average molecular weight is 176 g/mol. The van der Waals surface area contributed by atoms with Gasteiger partial charge in [-0.3, -0.25) is 0 Å². The number of hydrogen-bond acceptors (Lipinski definition) is 0. The fourth-order valence-corrected chi connectivity index (χ4v) is 0. The van der Waals surface area contributed by atoms with Crippen LogP contribution in [0.5, 0.6) is 0 Å². The molecule has 4 heavy (non-hydrogen) atoms. The summed E-state index contributed by atoms with van der Waals surface area (Å²) in [5.41, 5.74) is 0. The van der Waals surface area contributed by atoms with E-state index in [1.165, 1.54) is 0 Å². The molecule has 0 spiro atoms. The van der Waals surface area contributed by atoms with Crippen LogP contribution in [0.25, 0.3) is 0 Å². The molecule has 0 amide bonds. The van der Waals surface area contributed by atoms with E-state index < -0.39 is 0 Å². The molecule has 4 heteroatoms. The molecule has 0 unspecified atom stereocenters. The van der Waals surface area contributed by atoms with E-state index in [2.05, 4.69) is 0 Å². The SMILES string of the molecule is [Ca+2].[Fe+2].[Fe+3].[Mg+2]. The largest absolute Gasteiger partial charge is 3.00 e. The summed E-state index contributed by atoms with van der Waals surface area (Å²) < 4.78 is 0. The average Bonchev–Trinajstić information content (AvgIpc) is 0. The molecular weight excluding hydrogens is 176 g/mol. The molecule has 1 radical (unpaired) electrons. The summed E-state index contributed by atoms with van der Waals surface area (Å²) in [7, 11) is 0. The van der Waals surface area contributed by atoms with Crippen LogP contribution >= 0.6 is 0 Å². The van der Waals surface area contributed by atoms with E-state index in [9.17, 15) is 0 Å². The minimum atomic E-state index is 0. The van der Waals surface area contributed by atoms with Crippen molar-refractivity contribution in [3.05, 3.63) is 0 Å². The van der Waals surface area contributed by atoms with Crippen LogP contribution in [0.15, 0.2) is 0 Å². The van der Waals surface area contributed by atoms with Crippen LogP contribution in [0.1, 0.15) is 0 Å². The standard InChI is InChI=1S/Ca.2Fe.Mg/q2*+2;+3;+2. The third kappa shape index (κ3) is 8.91. The monoisotopic (exact) mass is 176 g/mol. The fraction of sp³-hybridized carbons (Fsp3) is 0. The van der Waals surface area contributed by atoms with Gasteiger partial charge in [0, 0.05) is 0 Å². The molecule has 0 heterocycles. The molecular formula is CaFe2Mg+9. The first kappa shape index (κ1) is 27.7. The first-order chi connectivity index (χ1) is 0. The van der Waals surface area contributed by atoms with E-state index >= 15 is 0 Å². The van der Waals surface area contributed by atoms with Gasteiger partial charge in [-0.05, 0) is 0 Å². The van der Waals surface area contributed by atoms with Gasteiger partial charge in [0.05, 0.1) is 0 Å². The summed E-state index contributed by atoms with van der Waals surface area (Å²) in [5.74, 6) is 0. The van der Waals surface area contributed by atoms with Crippen LogP contribution in [0.4, 0.5) is 0 Å². The van der Waals surface area contributed by atoms with E-state index in [-0.39, 0.29) is 94.9 Å². The Kier molecular flexibility index (Phi) is 115. The zero-order valence-electron chi connectivity index (χ0n) is 2.12. The van der Waals surface area contributed by atoms with Crippen molar-refractivity contribution in [3.8, 4) is 0 Å². The summed E-state index contributed by atoms with van der Waals surface area (Å²) >= 11 is 0. The number of rotatable bonds is 0. The summed E-state index contributed by atoms with van der Waals surface area (Å²) in [5, 5.41) is 0. The van der Waals surface area contributed by atoms with Crippen LogP contribution in [0.3, 0.4) is 0 Å².